The molecule has 0 saturated carbocycles. The van der Waals surface area contributed by atoms with E-state index in [0.717, 1.165) is 29.7 Å². The van der Waals surface area contributed by atoms with Gasteiger partial charge in [-0.3, -0.25) is 0 Å². The molecule has 4 heteroatoms. The summed E-state index contributed by atoms with van der Waals surface area (Å²) in [6, 6.07) is 11.7. The predicted octanol–water partition coefficient (Wildman–Crippen LogP) is 2.07. The smallest absolute Gasteiger partial charge is 0.130 e. The van der Waals surface area contributed by atoms with Gasteiger partial charge in [-0.2, -0.15) is 5.26 Å². The summed E-state index contributed by atoms with van der Waals surface area (Å²) in [7, 11) is 0. The molecule has 0 amide bonds. The van der Waals surface area contributed by atoms with Gasteiger partial charge in [0.05, 0.1) is 22.8 Å². The summed E-state index contributed by atoms with van der Waals surface area (Å²) >= 11 is 0. The Morgan fingerprint density at radius 2 is 2.21 bits per heavy atom. The molecule has 1 unspecified atom stereocenters. The third kappa shape index (κ3) is 2.13. The van der Waals surface area contributed by atoms with E-state index in [9.17, 15) is 10.4 Å². The van der Waals surface area contributed by atoms with Crippen molar-refractivity contribution in [3.63, 3.8) is 0 Å². The molecule has 1 aliphatic heterocycles. The Bertz CT molecular complexity index is 673. The maximum absolute atomic E-state index is 10.0. The van der Waals surface area contributed by atoms with Gasteiger partial charge < -0.3 is 10.0 Å². The second-order valence-electron chi connectivity index (χ2n) is 5.33. The van der Waals surface area contributed by atoms with Crippen molar-refractivity contribution in [2.75, 3.05) is 18.0 Å². The van der Waals surface area contributed by atoms with E-state index < -0.39 is 5.60 Å². The Morgan fingerprint density at radius 1 is 1.42 bits per heavy atom. The van der Waals surface area contributed by atoms with Crippen LogP contribution in [-0.4, -0.2) is 28.8 Å². The number of hydrogen-bond donors (Lipinski definition) is 1. The van der Waals surface area contributed by atoms with Crippen LogP contribution in [0.15, 0.2) is 30.3 Å². The number of aliphatic hydroxyl groups is 1. The van der Waals surface area contributed by atoms with Gasteiger partial charge >= 0.3 is 0 Å². The summed E-state index contributed by atoms with van der Waals surface area (Å²) in [5.41, 5.74) is 0.787. The first-order valence-corrected chi connectivity index (χ1v) is 6.36. The first kappa shape index (κ1) is 11.9. The van der Waals surface area contributed by atoms with Crippen LogP contribution in [0.4, 0.5) is 5.82 Å². The average Bonchev–Trinajstić information content (AvgIpc) is 2.78. The fourth-order valence-electron chi connectivity index (χ4n) is 2.56. The zero-order chi connectivity index (χ0) is 13.5. The van der Waals surface area contributed by atoms with Crippen LogP contribution in [0.5, 0.6) is 0 Å². The average molecular weight is 253 g/mol. The first-order valence-electron chi connectivity index (χ1n) is 6.36. The van der Waals surface area contributed by atoms with Crippen molar-refractivity contribution in [1.82, 2.24) is 4.98 Å². The van der Waals surface area contributed by atoms with Crippen LogP contribution in [-0.2, 0) is 0 Å². The van der Waals surface area contributed by atoms with Gasteiger partial charge in [-0.1, -0.05) is 18.2 Å². The number of rotatable bonds is 1. The van der Waals surface area contributed by atoms with Gasteiger partial charge in [0.1, 0.15) is 5.82 Å². The molecule has 0 spiro atoms. The second-order valence-corrected chi connectivity index (χ2v) is 5.33. The zero-order valence-electron chi connectivity index (χ0n) is 10.8. The minimum absolute atomic E-state index is 0.559. The van der Waals surface area contributed by atoms with E-state index in [-0.39, 0.29) is 0 Å². The highest BCUT2D eigenvalue weighted by atomic mass is 16.3. The highest BCUT2D eigenvalue weighted by Crippen LogP contribution is 2.28. The van der Waals surface area contributed by atoms with Gasteiger partial charge in [-0.05, 0) is 25.5 Å². The van der Waals surface area contributed by atoms with Crippen LogP contribution in [0.25, 0.3) is 10.9 Å². The minimum atomic E-state index is -0.667. The SMILES string of the molecule is CC1(O)CCN(c2cc(C#N)c3ccccc3n2)C1. The molecule has 0 radical (unpaired) electrons. The van der Waals surface area contributed by atoms with Gasteiger partial charge in [-0.25, -0.2) is 4.98 Å². The minimum Gasteiger partial charge on any atom is -0.388 e. The van der Waals surface area contributed by atoms with Gasteiger partial charge in [0.25, 0.3) is 0 Å². The van der Waals surface area contributed by atoms with E-state index in [4.69, 9.17) is 0 Å². The van der Waals surface area contributed by atoms with Crippen molar-refractivity contribution in [3.05, 3.63) is 35.9 Å². The van der Waals surface area contributed by atoms with Crippen LogP contribution >= 0.6 is 0 Å². The van der Waals surface area contributed by atoms with E-state index in [2.05, 4.69) is 11.1 Å². The number of anilines is 1. The third-order valence-electron chi connectivity index (χ3n) is 3.60. The van der Waals surface area contributed by atoms with Crippen LogP contribution < -0.4 is 4.90 Å². The topological polar surface area (TPSA) is 60.1 Å². The van der Waals surface area contributed by atoms with Crippen LogP contribution in [0.1, 0.15) is 18.9 Å². The first-order chi connectivity index (χ1) is 9.09. The number of benzene rings is 1. The van der Waals surface area contributed by atoms with Crippen LogP contribution in [0.2, 0.25) is 0 Å². The Kier molecular flexibility index (Phi) is 2.65. The van der Waals surface area contributed by atoms with Crippen molar-refractivity contribution in [3.8, 4) is 6.07 Å². The molecule has 1 aliphatic rings. The lowest BCUT2D eigenvalue weighted by Crippen LogP contribution is -2.30. The lowest BCUT2D eigenvalue weighted by atomic mass is 10.1. The van der Waals surface area contributed by atoms with Crippen molar-refractivity contribution >= 4 is 16.7 Å². The van der Waals surface area contributed by atoms with E-state index in [1.807, 2.05) is 42.2 Å². The summed E-state index contributed by atoms with van der Waals surface area (Å²) < 4.78 is 0. The summed E-state index contributed by atoms with van der Waals surface area (Å²) in [4.78, 5) is 6.63. The molecule has 1 atom stereocenters. The molecule has 1 aromatic heterocycles. The summed E-state index contributed by atoms with van der Waals surface area (Å²) in [6.07, 6.45) is 0.726. The Hall–Kier alpha value is -2.12. The number of nitriles is 1. The Labute approximate surface area is 111 Å². The molecule has 1 fully saturated rings. The molecule has 96 valence electrons. The lowest BCUT2D eigenvalue weighted by Gasteiger charge is -2.20. The number of para-hydroxylation sites is 1. The van der Waals surface area contributed by atoms with Crippen LogP contribution in [0, 0.1) is 11.3 Å². The third-order valence-corrected chi connectivity index (χ3v) is 3.60. The number of hydrogen-bond acceptors (Lipinski definition) is 4. The van der Waals surface area contributed by atoms with Gasteiger partial charge in [-0.15, -0.1) is 0 Å². The predicted molar refractivity (Wildman–Crippen MR) is 73.9 cm³/mol. The quantitative estimate of drug-likeness (QED) is 0.845. The van der Waals surface area contributed by atoms with Gasteiger partial charge in [0.15, 0.2) is 0 Å². The molecule has 0 bridgehead atoms. The number of nitrogens with zero attached hydrogens (tertiary/aromatic N) is 3. The van der Waals surface area contributed by atoms with E-state index >= 15 is 0 Å². The fourth-order valence-corrected chi connectivity index (χ4v) is 2.56. The Morgan fingerprint density at radius 3 is 2.89 bits per heavy atom. The number of aromatic nitrogens is 1. The molecule has 0 aliphatic carbocycles. The van der Waals surface area contributed by atoms with Crippen molar-refractivity contribution in [2.45, 2.75) is 18.9 Å². The fraction of sp³-hybridized carbons (Fsp3) is 0.333. The van der Waals surface area contributed by atoms with Crippen molar-refractivity contribution in [1.29, 1.82) is 5.26 Å². The molecule has 4 nitrogen and oxygen atoms in total. The van der Waals surface area contributed by atoms with Gasteiger partial charge in [0.2, 0.25) is 0 Å². The number of fused-ring (bicyclic) bond motifs is 1. The second kappa shape index (κ2) is 4.22. The summed E-state index contributed by atoms with van der Waals surface area (Å²) in [5.74, 6) is 0.771. The highest BCUT2D eigenvalue weighted by molar-refractivity contribution is 5.86. The highest BCUT2D eigenvalue weighted by Gasteiger charge is 2.32. The van der Waals surface area contributed by atoms with Crippen LogP contribution in [0.3, 0.4) is 0 Å². The molecular weight excluding hydrogens is 238 g/mol. The largest absolute Gasteiger partial charge is 0.388 e. The molecule has 3 rings (SSSR count). The number of β-amino-alcohol motifs (C(OH)–C–C–N with tert-alkyl or cyclic N) is 1. The van der Waals surface area contributed by atoms with Crippen molar-refractivity contribution < 1.29 is 5.11 Å². The molecule has 1 aromatic carbocycles. The van der Waals surface area contributed by atoms with Crippen molar-refractivity contribution in [2.24, 2.45) is 0 Å². The number of pyridine rings is 1. The summed E-state index contributed by atoms with van der Waals surface area (Å²) in [5, 5.41) is 20.2. The van der Waals surface area contributed by atoms with E-state index in [1.54, 1.807) is 0 Å². The van der Waals surface area contributed by atoms with Gasteiger partial charge in [0, 0.05) is 18.5 Å². The molecular formula is C15H15N3O. The lowest BCUT2D eigenvalue weighted by molar-refractivity contribution is 0.0839. The summed E-state index contributed by atoms with van der Waals surface area (Å²) in [6.45, 7) is 3.16. The maximum atomic E-state index is 10.0. The molecule has 2 aromatic rings. The molecule has 1 N–H and O–H groups in total. The van der Waals surface area contributed by atoms with E-state index in [0.29, 0.717) is 12.1 Å². The zero-order valence-corrected chi connectivity index (χ0v) is 10.8. The van der Waals surface area contributed by atoms with E-state index in [1.165, 1.54) is 0 Å². The standard InChI is InChI=1S/C15H15N3O/c1-15(19)6-7-18(10-15)14-8-11(9-16)12-4-2-3-5-13(12)17-14/h2-5,8,19H,6-7,10H2,1H3. The maximum Gasteiger partial charge on any atom is 0.130 e. The molecule has 2 heterocycles. The normalized spacial score (nSPS) is 22.7. The Balaban J connectivity index is 2.09. The molecule has 19 heavy (non-hydrogen) atoms. The molecule has 1 saturated heterocycles. The monoisotopic (exact) mass is 253 g/mol.